The Morgan fingerprint density at radius 3 is 1.58 bits per heavy atom. The topological polar surface area (TPSA) is 20.3 Å². The second-order valence-corrected chi connectivity index (χ2v) is 3.32. The van der Waals surface area contributed by atoms with Gasteiger partial charge in [0.2, 0.25) is 5.91 Å². The van der Waals surface area contributed by atoms with Crippen molar-refractivity contribution in [1.29, 1.82) is 0 Å². The van der Waals surface area contributed by atoms with Crippen LogP contribution < -0.4 is 0 Å². The van der Waals surface area contributed by atoms with Gasteiger partial charge in [-0.1, -0.05) is 0 Å². The van der Waals surface area contributed by atoms with E-state index < -0.39 is 17.5 Å². The first-order valence-corrected chi connectivity index (χ1v) is 3.39. The van der Waals surface area contributed by atoms with Crippen molar-refractivity contribution < 1.29 is 18.0 Å². The van der Waals surface area contributed by atoms with Crippen LogP contribution in [-0.2, 0) is 4.79 Å². The summed E-state index contributed by atoms with van der Waals surface area (Å²) in [6, 6.07) is 0. The highest BCUT2D eigenvalue weighted by Crippen LogP contribution is 2.38. The standard InChI is InChI=1S/C7H12F3NO/c1-6(2,7(8,9)10)5(12)11(3)4/h1-4H3. The van der Waals surface area contributed by atoms with Crippen LogP contribution in [0, 0.1) is 5.41 Å². The average Bonchev–Trinajstić information content (AvgIpc) is 1.83. The predicted molar refractivity (Wildman–Crippen MR) is 38.5 cm³/mol. The Balaban J connectivity index is 4.74. The van der Waals surface area contributed by atoms with Gasteiger partial charge in [-0.3, -0.25) is 4.79 Å². The number of amides is 1. The maximum Gasteiger partial charge on any atom is 0.402 e. The molecule has 0 saturated carbocycles. The summed E-state index contributed by atoms with van der Waals surface area (Å²) in [5.74, 6) is -0.935. The van der Waals surface area contributed by atoms with Crippen LogP contribution in [0.4, 0.5) is 13.2 Å². The van der Waals surface area contributed by atoms with Gasteiger partial charge in [-0.15, -0.1) is 0 Å². The first-order chi connectivity index (χ1) is 5.10. The van der Waals surface area contributed by atoms with Gasteiger partial charge in [0.1, 0.15) is 5.41 Å². The second-order valence-electron chi connectivity index (χ2n) is 3.32. The van der Waals surface area contributed by atoms with E-state index in [1.165, 1.54) is 14.1 Å². The molecule has 0 aromatic heterocycles. The zero-order valence-corrected chi connectivity index (χ0v) is 7.49. The van der Waals surface area contributed by atoms with Crippen molar-refractivity contribution in [3.63, 3.8) is 0 Å². The fourth-order valence-corrected chi connectivity index (χ4v) is 0.680. The van der Waals surface area contributed by atoms with Crippen molar-refractivity contribution in [3.05, 3.63) is 0 Å². The lowest BCUT2D eigenvalue weighted by Gasteiger charge is -2.29. The molecule has 0 aliphatic carbocycles. The minimum atomic E-state index is -4.49. The summed E-state index contributed by atoms with van der Waals surface area (Å²) in [6.07, 6.45) is -4.49. The number of carbonyl (C=O) groups excluding carboxylic acids is 1. The Bertz CT molecular complexity index is 184. The molecule has 12 heavy (non-hydrogen) atoms. The van der Waals surface area contributed by atoms with Crippen molar-refractivity contribution in [2.45, 2.75) is 20.0 Å². The molecule has 0 aliphatic rings. The van der Waals surface area contributed by atoms with Crippen LogP contribution >= 0.6 is 0 Å². The lowest BCUT2D eigenvalue weighted by atomic mass is 9.91. The van der Waals surface area contributed by atoms with Crippen LogP contribution in [0.25, 0.3) is 0 Å². The highest BCUT2D eigenvalue weighted by molar-refractivity contribution is 5.82. The third-order valence-corrected chi connectivity index (χ3v) is 1.65. The molecule has 0 fully saturated rings. The number of alkyl halides is 3. The zero-order valence-electron chi connectivity index (χ0n) is 7.49. The molecule has 0 N–H and O–H groups in total. The number of nitrogens with zero attached hydrogens (tertiary/aromatic N) is 1. The highest BCUT2D eigenvalue weighted by Gasteiger charge is 2.53. The molecule has 0 spiro atoms. The molecule has 5 heteroatoms. The fraction of sp³-hybridized carbons (Fsp3) is 0.857. The molecule has 0 aromatic carbocycles. The Morgan fingerprint density at radius 1 is 1.17 bits per heavy atom. The van der Waals surface area contributed by atoms with Gasteiger partial charge in [0.15, 0.2) is 0 Å². The summed E-state index contributed by atoms with van der Waals surface area (Å²) < 4.78 is 36.6. The smallest absolute Gasteiger partial charge is 0.348 e. The van der Waals surface area contributed by atoms with Crippen LogP contribution in [0.2, 0.25) is 0 Å². The molecule has 0 unspecified atom stereocenters. The summed E-state index contributed by atoms with van der Waals surface area (Å²) in [7, 11) is 2.60. The number of carbonyl (C=O) groups is 1. The fourth-order valence-electron chi connectivity index (χ4n) is 0.680. The average molecular weight is 183 g/mol. The second kappa shape index (κ2) is 2.95. The summed E-state index contributed by atoms with van der Waals surface area (Å²) in [6.45, 7) is 1.74. The Labute approximate surface area is 69.3 Å². The summed E-state index contributed by atoms with van der Waals surface area (Å²) in [5.41, 5.74) is -2.30. The van der Waals surface area contributed by atoms with Crippen molar-refractivity contribution >= 4 is 5.91 Å². The molecule has 0 aromatic rings. The van der Waals surface area contributed by atoms with E-state index in [2.05, 4.69) is 0 Å². The molecule has 0 heterocycles. The van der Waals surface area contributed by atoms with E-state index >= 15 is 0 Å². The minimum Gasteiger partial charge on any atom is -0.348 e. The molecule has 72 valence electrons. The van der Waals surface area contributed by atoms with Gasteiger partial charge in [0.25, 0.3) is 0 Å². The number of hydrogen-bond donors (Lipinski definition) is 0. The van der Waals surface area contributed by atoms with E-state index in [1.54, 1.807) is 0 Å². The van der Waals surface area contributed by atoms with Crippen LogP contribution in [0.1, 0.15) is 13.8 Å². The third kappa shape index (κ3) is 1.89. The normalized spacial score (nSPS) is 12.9. The SMILES string of the molecule is CN(C)C(=O)C(C)(C)C(F)(F)F. The van der Waals surface area contributed by atoms with Gasteiger partial charge in [0.05, 0.1) is 0 Å². The van der Waals surface area contributed by atoms with Gasteiger partial charge in [-0.05, 0) is 13.8 Å². The van der Waals surface area contributed by atoms with Crippen molar-refractivity contribution in [1.82, 2.24) is 4.90 Å². The van der Waals surface area contributed by atoms with Gasteiger partial charge in [-0.2, -0.15) is 13.2 Å². The van der Waals surface area contributed by atoms with E-state index in [1.807, 2.05) is 0 Å². The molecule has 0 aliphatic heterocycles. The lowest BCUT2D eigenvalue weighted by molar-refractivity contribution is -0.215. The van der Waals surface area contributed by atoms with Crippen LogP contribution in [0.3, 0.4) is 0 Å². The van der Waals surface area contributed by atoms with Gasteiger partial charge in [-0.25, -0.2) is 0 Å². The number of hydrogen-bond acceptors (Lipinski definition) is 1. The van der Waals surface area contributed by atoms with E-state index in [0.29, 0.717) is 0 Å². The maximum atomic E-state index is 12.2. The highest BCUT2D eigenvalue weighted by atomic mass is 19.4. The molecular formula is C7H12F3NO. The minimum absolute atomic E-state index is 0.870. The van der Waals surface area contributed by atoms with E-state index in [0.717, 1.165) is 18.7 Å². The Hall–Kier alpha value is -0.740. The van der Waals surface area contributed by atoms with E-state index in [-0.39, 0.29) is 0 Å². The molecule has 1 amide bonds. The van der Waals surface area contributed by atoms with Gasteiger partial charge in [0, 0.05) is 14.1 Å². The van der Waals surface area contributed by atoms with Crippen LogP contribution in [-0.4, -0.2) is 31.1 Å². The largest absolute Gasteiger partial charge is 0.402 e. The third-order valence-electron chi connectivity index (χ3n) is 1.65. The summed E-state index contributed by atoms with van der Waals surface area (Å²) in [4.78, 5) is 12.0. The molecule has 0 bridgehead atoms. The van der Waals surface area contributed by atoms with E-state index in [4.69, 9.17) is 0 Å². The van der Waals surface area contributed by atoms with E-state index in [9.17, 15) is 18.0 Å². The Morgan fingerprint density at radius 2 is 1.50 bits per heavy atom. The molecule has 0 saturated heterocycles. The molecule has 0 rings (SSSR count). The molecule has 0 radical (unpaired) electrons. The molecule has 0 atom stereocenters. The van der Waals surface area contributed by atoms with Crippen molar-refractivity contribution in [2.24, 2.45) is 5.41 Å². The van der Waals surface area contributed by atoms with Crippen molar-refractivity contribution in [3.8, 4) is 0 Å². The first kappa shape index (κ1) is 11.3. The van der Waals surface area contributed by atoms with Crippen LogP contribution in [0.5, 0.6) is 0 Å². The summed E-state index contributed by atoms with van der Waals surface area (Å²) >= 11 is 0. The first-order valence-electron chi connectivity index (χ1n) is 3.39. The zero-order chi connectivity index (χ0) is 10.2. The number of halogens is 3. The van der Waals surface area contributed by atoms with Gasteiger partial charge >= 0.3 is 6.18 Å². The predicted octanol–water partition coefficient (Wildman–Crippen LogP) is 1.66. The van der Waals surface area contributed by atoms with Gasteiger partial charge < -0.3 is 4.90 Å². The maximum absolute atomic E-state index is 12.2. The Kier molecular flexibility index (Phi) is 2.77. The van der Waals surface area contributed by atoms with Crippen LogP contribution in [0.15, 0.2) is 0 Å². The quantitative estimate of drug-likeness (QED) is 0.605. The molecular weight excluding hydrogens is 171 g/mol. The lowest BCUT2D eigenvalue weighted by Crippen LogP contribution is -2.46. The van der Waals surface area contributed by atoms with Crippen molar-refractivity contribution in [2.75, 3.05) is 14.1 Å². The number of rotatable bonds is 1. The monoisotopic (exact) mass is 183 g/mol. The molecule has 2 nitrogen and oxygen atoms in total. The summed E-state index contributed by atoms with van der Waals surface area (Å²) in [5, 5.41) is 0.